The first-order chi connectivity index (χ1) is 11.3. The molecule has 1 aromatic heterocycles. The van der Waals surface area contributed by atoms with Crippen LogP contribution < -0.4 is 0 Å². The molecule has 24 heavy (non-hydrogen) atoms. The number of hydrogen-bond donors (Lipinski definition) is 2. The summed E-state index contributed by atoms with van der Waals surface area (Å²) < 4.78 is 39.1. The van der Waals surface area contributed by atoms with Gasteiger partial charge in [0.2, 0.25) is 5.88 Å². The zero-order valence-corrected chi connectivity index (χ0v) is 12.9. The lowest BCUT2D eigenvalue weighted by Gasteiger charge is -2.07. The van der Waals surface area contributed by atoms with Crippen molar-refractivity contribution >= 4 is 22.3 Å². The molecule has 0 atom stereocenters. The van der Waals surface area contributed by atoms with E-state index in [-0.39, 0.29) is 16.6 Å². The van der Waals surface area contributed by atoms with Gasteiger partial charge in [-0.25, -0.2) is 0 Å². The Bertz CT molecular complexity index is 942. The number of benzene rings is 2. The Morgan fingerprint density at radius 2 is 1.79 bits per heavy atom. The first-order valence-electron chi connectivity index (χ1n) is 7.17. The predicted octanol–water partition coefficient (Wildman–Crippen LogP) is 5.92. The Morgan fingerprint density at radius 1 is 1.04 bits per heavy atom. The molecule has 0 aliphatic carbocycles. The van der Waals surface area contributed by atoms with E-state index in [2.05, 4.69) is 15.2 Å². The van der Waals surface area contributed by atoms with Crippen LogP contribution in [0.1, 0.15) is 16.7 Å². The second kappa shape index (κ2) is 5.67. The predicted molar refractivity (Wildman–Crippen MR) is 85.1 cm³/mol. The molecule has 2 N–H and O–H groups in total. The Kier molecular flexibility index (Phi) is 3.79. The molecule has 0 aliphatic heterocycles. The molecular weight excluding hydrogens is 319 g/mol. The molecule has 0 spiro atoms. The average Bonchev–Trinajstić information content (AvgIpc) is 2.81. The molecule has 7 heteroatoms. The Balaban J connectivity index is 2.10. The molecular formula is C17H14F3N3O. The molecule has 0 unspecified atom stereocenters. The molecule has 0 aliphatic rings. The van der Waals surface area contributed by atoms with Crippen LogP contribution in [0.5, 0.6) is 5.88 Å². The van der Waals surface area contributed by atoms with Crippen LogP contribution in [-0.2, 0) is 6.18 Å². The van der Waals surface area contributed by atoms with Crippen molar-refractivity contribution in [2.75, 3.05) is 0 Å². The number of para-hydroxylation sites is 1. The molecule has 0 radical (unpaired) electrons. The van der Waals surface area contributed by atoms with Crippen LogP contribution in [0.3, 0.4) is 0 Å². The number of fused-ring (bicyclic) bond motifs is 1. The zero-order chi connectivity index (χ0) is 17.5. The first-order valence-corrected chi connectivity index (χ1v) is 7.17. The smallest absolute Gasteiger partial charge is 0.418 e. The van der Waals surface area contributed by atoms with Crippen molar-refractivity contribution in [3.63, 3.8) is 0 Å². The quantitative estimate of drug-likeness (QED) is 0.561. The number of halogens is 3. The fourth-order valence-corrected chi connectivity index (χ4v) is 2.55. The first kappa shape index (κ1) is 16.0. The third kappa shape index (κ3) is 2.84. The van der Waals surface area contributed by atoms with E-state index < -0.39 is 17.6 Å². The second-order valence-corrected chi connectivity index (χ2v) is 5.54. The van der Waals surface area contributed by atoms with Gasteiger partial charge in [0.05, 0.1) is 16.8 Å². The Labute approximate surface area is 135 Å². The number of H-pyrrole nitrogens is 1. The highest BCUT2D eigenvalue weighted by molar-refractivity contribution is 5.96. The van der Waals surface area contributed by atoms with Crippen molar-refractivity contribution in [3.8, 4) is 5.88 Å². The van der Waals surface area contributed by atoms with Gasteiger partial charge in [0.15, 0.2) is 5.69 Å². The number of azo groups is 1. The fourth-order valence-electron chi connectivity index (χ4n) is 2.55. The number of aromatic nitrogens is 1. The summed E-state index contributed by atoms with van der Waals surface area (Å²) in [7, 11) is 0. The molecule has 0 saturated carbocycles. The molecule has 1 heterocycles. The van der Waals surface area contributed by atoms with Crippen molar-refractivity contribution in [2.24, 2.45) is 10.2 Å². The van der Waals surface area contributed by atoms with Gasteiger partial charge in [0.25, 0.3) is 0 Å². The lowest BCUT2D eigenvalue weighted by molar-refractivity contribution is -0.136. The van der Waals surface area contributed by atoms with E-state index in [0.29, 0.717) is 5.69 Å². The van der Waals surface area contributed by atoms with Crippen molar-refractivity contribution < 1.29 is 18.3 Å². The van der Waals surface area contributed by atoms with Crippen LogP contribution in [0.25, 0.3) is 10.9 Å². The van der Waals surface area contributed by atoms with Gasteiger partial charge in [-0.05, 0) is 31.5 Å². The third-order valence-corrected chi connectivity index (χ3v) is 3.70. The normalized spacial score (nSPS) is 12.4. The van der Waals surface area contributed by atoms with Crippen molar-refractivity contribution in [3.05, 3.63) is 53.1 Å². The standard InChI is InChI=1S/C17H14F3N3O/c1-9-6-7-13(10(2)8-9)22-23-15-11-4-3-5-12(17(18,19)20)14(11)21-16(15)24/h3-8,21,24H,1-2H3. The largest absolute Gasteiger partial charge is 0.493 e. The van der Waals surface area contributed by atoms with Gasteiger partial charge in [-0.1, -0.05) is 29.8 Å². The number of alkyl halides is 3. The van der Waals surface area contributed by atoms with E-state index in [1.165, 1.54) is 12.1 Å². The molecule has 0 amide bonds. The maximum absolute atomic E-state index is 13.0. The van der Waals surface area contributed by atoms with Crippen molar-refractivity contribution in [1.82, 2.24) is 4.98 Å². The molecule has 3 rings (SSSR count). The summed E-state index contributed by atoms with van der Waals surface area (Å²) in [5.41, 5.74) is 1.45. The maximum atomic E-state index is 13.0. The summed E-state index contributed by atoms with van der Waals surface area (Å²) in [6, 6.07) is 9.22. The molecule has 124 valence electrons. The number of nitrogens with zero attached hydrogens (tertiary/aromatic N) is 2. The van der Waals surface area contributed by atoms with E-state index in [4.69, 9.17) is 0 Å². The lowest BCUT2D eigenvalue weighted by atomic mass is 10.1. The summed E-state index contributed by atoms with van der Waals surface area (Å²) in [6.45, 7) is 3.80. The van der Waals surface area contributed by atoms with Crippen LogP contribution in [0.4, 0.5) is 24.5 Å². The fraction of sp³-hybridized carbons (Fsp3) is 0.176. The topological polar surface area (TPSA) is 60.7 Å². The number of nitrogens with one attached hydrogen (secondary N) is 1. The zero-order valence-electron chi connectivity index (χ0n) is 12.9. The van der Waals surface area contributed by atoms with E-state index in [0.717, 1.165) is 17.2 Å². The van der Waals surface area contributed by atoms with Crippen LogP contribution in [-0.4, -0.2) is 10.1 Å². The van der Waals surface area contributed by atoms with Crippen LogP contribution in [0.2, 0.25) is 0 Å². The third-order valence-electron chi connectivity index (χ3n) is 3.70. The molecule has 4 nitrogen and oxygen atoms in total. The lowest BCUT2D eigenvalue weighted by Crippen LogP contribution is -2.05. The monoisotopic (exact) mass is 333 g/mol. The van der Waals surface area contributed by atoms with Gasteiger partial charge >= 0.3 is 6.18 Å². The van der Waals surface area contributed by atoms with Gasteiger partial charge in [0.1, 0.15) is 0 Å². The molecule has 3 aromatic rings. The summed E-state index contributed by atoms with van der Waals surface area (Å²) in [4.78, 5) is 2.34. The van der Waals surface area contributed by atoms with E-state index in [9.17, 15) is 18.3 Å². The minimum absolute atomic E-state index is 0.0175. The summed E-state index contributed by atoms with van der Waals surface area (Å²) in [5.74, 6) is -0.449. The highest BCUT2D eigenvalue weighted by Crippen LogP contribution is 2.42. The second-order valence-electron chi connectivity index (χ2n) is 5.54. The number of hydrogen-bond acceptors (Lipinski definition) is 3. The molecule has 0 saturated heterocycles. The minimum Gasteiger partial charge on any atom is -0.493 e. The van der Waals surface area contributed by atoms with E-state index in [1.807, 2.05) is 26.0 Å². The van der Waals surface area contributed by atoms with Crippen molar-refractivity contribution in [2.45, 2.75) is 20.0 Å². The highest BCUT2D eigenvalue weighted by Gasteiger charge is 2.34. The van der Waals surface area contributed by atoms with E-state index in [1.54, 1.807) is 6.07 Å². The van der Waals surface area contributed by atoms with Crippen molar-refractivity contribution in [1.29, 1.82) is 0 Å². The molecule has 0 fully saturated rings. The summed E-state index contributed by atoms with van der Waals surface area (Å²) in [6.07, 6.45) is -4.53. The summed E-state index contributed by atoms with van der Waals surface area (Å²) in [5, 5.41) is 18.1. The van der Waals surface area contributed by atoms with Crippen LogP contribution in [0.15, 0.2) is 46.6 Å². The van der Waals surface area contributed by atoms with E-state index >= 15 is 0 Å². The molecule has 2 aromatic carbocycles. The van der Waals surface area contributed by atoms with Gasteiger partial charge in [-0.15, -0.1) is 5.11 Å². The SMILES string of the molecule is Cc1ccc(N=Nc2c(O)[nH]c3c(C(F)(F)F)cccc23)c(C)c1. The minimum atomic E-state index is -4.53. The molecule has 0 bridgehead atoms. The van der Waals surface area contributed by atoms with Gasteiger partial charge in [-0.3, -0.25) is 0 Å². The number of aryl methyl sites for hydroxylation is 2. The van der Waals surface area contributed by atoms with Gasteiger partial charge < -0.3 is 10.1 Å². The maximum Gasteiger partial charge on any atom is 0.418 e. The average molecular weight is 333 g/mol. The van der Waals surface area contributed by atoms with Crippen LogP contribution >= 0.6 is 0 Å². The van der Waals surface area contributed by atoms with Gasteiger partial charge in [-0.2, -0.15) is 18.3 Å². The Morgan fingerprint density at radius 3 is 2.46 bits per heavy atom. The number of aromatic hydroxyl groups is 1. The Hall–Kier alpha value is -2.83. The van der Waals surface area contributed by atoms with Crippen LogP contribution in [0, 0.1) is 13.8 Å². The summed E-state index contributed by atoms with van der Waals surface area (Å²) >= 11 is 0. The highest BCUT2D eigenvalue weighted by atomic mass is 19.4. The number of rotatable bonds is 2. The number of aromatic amines is 1. The van der Waals surface area contributed by atoms with Gasteiger partial charge in [0, 0.05) is 5.39 Å².